The number of carboxylic acid groups (broad SMARTS) is 1. The van der Waals surface area contributed by atoms with Crippen LogP contribution in [0.15, 0.2) is 18.2 Å². The highest BCUT2D eigenvalue weighted by Gasteiger charge is 2.15. The van der Waals surface area contributed by atoms with Gasteiger partial charge < -0.3 is 21.1 Å². The number of carbonyl (C=O) groups is 2. The summed E-state index contributed by atoms with van der Waals surface area (Å²) in [5, 5.41) is 11.8. The van der Waals surface area contributed by atoms with Gasteiger partial charge in [0.05, 0.1) is 23.5 Å². The largest absolute Gasteiger partial charge is 0.478 e. The van der Waals surface area contributed by atoms with Crippen LogP contribution in [0.2, 0.25) is 0 Å². The van der Waals surface area contributed by atoms with Gasteiger partial charge in [-0.25, -0.2) is 4.79 Å². The predicted molar refractivity (Wildman–Crippen MR) is 79.0 cm³/mol. The molecular weight excluding hydrogens is 258 g/mol. The molecule has 0 bridgehead atoms. The molecule has 4 N–H and O–H groups in total. The molecule has 6 nitrogen and oxygen atoms in total. The summed E-state index contributed by atoms with van der Waals surface area (Å²) in [5.74, 6) is -1.14. The van der Waals surface area contributed by atoms with E-state index in [0.717, 1.165) is 0 Å². The van der Waals surface area contributed by atoms with E-state index in [0.29, 0.717) is 17.9 Å². The Morgan fingerprint density at radius 1 is 1.40 bits per heavy atom. The van der Waals surface area contributed by atoms with Crippen molar-refractivity contribution in [1.29, 1.82) is 0 Å². The number of carboxylic acids is 1. The number of rotatable bonds is 6. The smallest absolute Gasteiger partial charge is 0.335 e. The highest BCUT2D eigenvalue weighted by Crippen LogP contribution is 2.24. The van der Waals surface area contributed by atoms with Crippen molar-refractivity contribution in [3.63, 3.8) is 0 Å². The minimum Gasteiger partial charge on any atom is -0.478 e. The van der Waals surface area contributed by atoms with Gasteiger partial charge in [0.2, 0.25) is 5.91 Å². The molecule has 1 rings (SSSR count). The number of amides is 1. The lowest BCUT2D eigenvalue weighted by molar-refractivity contribution is -0.120. The number of carbonyl (C=O) groups excluding carboxylic acids is 1. The molecule has 1 amide bonds. The summed E-state index contributed by atoms with van der Waals surface area (Å²) >= 11 is 0. The zero-order valence-electron chi connectivity index (χ0n) is 12.0. The van der Waals surface area contributed by atoms with Gasteiger partial charge in [0, 0.05) is 12.6 Å². The van der Waals surface area contributed by atoms with E-state index in [1.54, 1.807) is 11.0 Å². The maximum Gasteiger partial charge on any atom is 0.335 e. The Morgan fingerprint density at radius 3 is 2.55 bits per heavy atom. The lowest BCUT2D eigenvalue weighted by Gasteiger charge is -2.24. The number of nitrogens with one attached hydrogen (secondary N) is 1. The van der Waals surface area contributed by atoms with Gasteiger partial charge in [-0.2, -0.15) is 0 Å². The molecule has 0 aromatic heterocycles. The standard InChI is InChI=1S/C14H21N3O3/c1-4-17(8-13(18)16-9(2)3)12-7-10(14(19)20)5-6-11(12)15/h5-7,9H,4,8,15H2,1-3H3,(H,16,18)(H,19,20). The third-order valence-corrected chi connectivity index (χ3v) is 2.78. The van der Waals surface area contributed by atoms with Gasteiger partial charge in [-0.15, -0.1) is 0 Å². The van der Waals surface area contributed by atoms with Crippen LogP contribution in [0.5, 0.6) is 0 Å². The van der Waals surface area contributed by atoms with Crippen LogP contribution in [0.3, 0.4) is 0 Å². The van der Waals surface area contributed by atoms with Crippen molar-refractivity contribution in [3.8, 4) is 0 Å². The molecule has 0 aliphatic carbocycles. The summed E-state index contributed by atoms with van der Waals surface area (Å²) in [6.07, 6.45) is 0. The molecule has 0 fully saturated rings. The predicted octanol–water partition coefficient (Wildman–Crippen LogP) is 1.32. The molecule has 0 atom stereocenters. The van der Waals surface area contributed by atoms with Crippen molar-refractivity contribution in [2.45, 2.75) is 26.8 Å². The van der Waals surface area contributed by atoms with Crippen LogP contribution < -0.4 is 16.0 Å². The number of hydrogen-bond donors (Lipinski definition) is 3. The fraction of sp³-hybridized carbons (Fsp3) is 0.429. The van der Waals surface area contributed by atoms with Crippen LogP contribution in [0.4, 0.5) is 11.4 Å². The molecule has 0 heterocycles. The van der Waals surface area contributed by atoms with Crippen LogP contribution >= 0.6 is 0 Å². The van der Waals surface area contributed by atoms with Crippen molar-refractivity contribution in [2.24, 2.45) is 0 Å². The molecule has 0 unspecified atom stereocenters. The quantitative estimate of drug-likeness (QED) is 0.682. The fourth-order valence-electron chi connectivity index (χ4n) is 1.86. The molecule has 20 heavy (non-hydrogen) atoms. The lowest BCUT2D eigenvalue weighted by Crippen LogP contribution is -2.40. The van der Waals surface area contributed by atoms with E-state index in [2.05, 4.69) is 5.32 Å². The second-order valence-corrected chi connectivity index (χ2v) is 4.82. The Kier molecular flexibility index (Phi) is 5.37. The second-order valence-electron chi connectivity index (χ2n) is 4.82. The summed E-state index contributed by atoms with van der Waals surface area (Å²) < 4.78 is 0. The highest BCUT2D eigenvalue weighted by atomic mass is 16.4. The van der Waals surface area contributed by atoms with Crippen molar-refractivity contribution in [3.05, 3.63) is 23.8 Å². The molecule has 0 saturated carbocycles. The lowest BCUT2D eigenvalue weighted by atomic mass is 10.1. The number of anilines is 2. The number of likely N-dealkylation sites (N-methyl/N-ethyl adjacent to an activating group) is 1. The Labute approximate surface area is 118 Å². The van der Waals surface area contributed by atoms with Crippen LogP contribution in [0.25, 0.3) is 0 Å². The number of hydrogen-bond acceptors (Lipinski definition) is 4. The average Bonchev–Trinajstić information content (AvgIpc) is 2.35. The van der Waals surface area contributed by atoms with E-state index in [1.165, 1.54) is 12.1 Å². The van der Waals surface area contributed by atoms with Gasteiger partial charge in [-0.05, 0) is 39.0 Å². The van der Waals surface area contributed by atoms with E-state index >= 15 is 0 Å². The number of nitrogen functional groups attached to an aromatic ring is 1. The van der Waals surface area contributed by atoms with Crippen molar-refractivity contribution < 1.29 is 14.7 Å². The SMILES string of the molecule is CCN(CC(=O)NC(C)C)c1cc(C(=O)O)ccc1N. The first-order valence-corrected chi connectivity index (χ1v) is 6.52. The van der Waals surface area contributed by atoms with Gasteiger partial charge >= 0.3 is 5.97 Å². The molecule has 1 aromatic carbocycles. The molecule has 1 aromatic rings. The zero-order chi connectivity index (χ0) is 15.3. The van der Waals surface area contributed by atoms with E-state index in [4.69, 9.17) is 10.8 Å². The third-order valence-electron chi connectivity index (χ3n) is 2.78. The molecule has 0 spiro atoms. The Morgan fingerprint density at radius 2 is 2.05 bits per heavy atom. The monoisotopic (exact) mass is 279 g/mol. The number of nitrogens with zero attached hydrogens (tertiary/aromatic N) is 1. The van der Waals surface area contributed by atoms with Crippen molar-refractivity contribution in [1.82, 2.24) is 5.32 Å². The molecule has 6 heteroatoms. The third kappa shape index (κ3) is 4.15. The van der Waals surface area contributed by atoms with Crippen molar-refractivity contribution >= 4 is 23.3 Å². The molecule has 110 valence electrons. The molecule has 0 radical (unpaired) electrons. The number of benzene rings is 1. The van der Waals surface area contributed by atoms with E-state index in [9.17, 15) is 9.59 Å². The van der Waals surface area contributed by atoms with E-state index in [1.807, 2.05) is 20.8 Å². The van der Waals surface area contributed by atoms with E-state index < -0.39 is 5.97 Å². The molecule has 0 aliphatic heterocycles. The van der Waals surface area contributed by atoms with Crippen LogP contribution in [-0.2, 0) is 4.79 Å². The van der Waals surface area contributed by atoms with Crippen LogP contribution in [-0.4, -0.2) is 36.1 Å². The fourth-order valence-corrected chi connectivity index (χ4v) is 1.86. The maximum atomic E-state index is 11.8. The topological polar surface area (TPSA) is 95.7 Å². The van der Waals surface area contributed by atoms with Gasteiger partial charge in [-0.1, -0.05) is 0 Å². The van der Waals surface area contributed by atoms with Crippen LogP contribution in [0, 0.1) is 0 Å². The highest BCUT2D eigenvalue weighted by molar-refractivity contribution is 5.91. The van der Waals surface area contributed by atoms with Gasteiger partial charge in [0.1, 0.15) is 0 Å². The van der Waals surface area contributed by atoms with Gasteiger partial charge in [0.15, 0.2) is 0 Å². The minimum absolute atomic E-state index is 0.0592. The molecule has 0 saturated heterocycles. The van der Waals surface area contributed by atoms with Crippen molar-refractivity contribution in [2.75, 3.05) is 23.7 Å². The Balaban J connectivity index is 2.97. The van der Waals surface area contributed by atoms with Crippen LogP contribution in [0.1, 0.15) is 31.1 Å². The summed E-state index contributed by atoms with van der Waals surface area (Å²) in [6, 6.07) is 4.54. The maximum absolute atomic E-state index is 11.8. The zero-order valence-corrected chi connectivity index (χ0v) is 12.0. The summed E-state index contributed by atoms with van der Waals surface area (Å²) in [6.45, 7) is 6.34. The van der Waals surface area contributed by atoms with E-state index in [-0.39, 0.29) is 24.1 Å². The summed E-state index contributed by atoms with van der Waals surface area (Å²) in [5.41, 5.74) is 7.04. The van der Waals surface area contributed by atoms with Gasteiger partial charge in [-0.3, -0.25) is 4.79 Å². The average molecular weight is 279 g/mol. The Bertz CT molecular complexity index is 500. The minimum atomic E-state index is -1.02. The summed E-state index contributed by atoms with van der Waals surface area (Å²) in [4.78, 5) is 24.6. The normalized spacial score (nSPS) is 10.4. The molecule has 0 aliphatic rings. The first-order valence-electron chi connectivity index (χ1n) is 6.52. The van der Waals surface area contributed by atoms with Gasteiger partial charge in [0.25, 0.3) is 0 Å². The first-order chi connectivity index (χ1) is 9.35. The summed E-state index contributed by atoms with van der Waals surface area (Å²) in [7, 11) is 0. The second kappa shape index (κ2) is 6.79. The first kappa shape index (κ1) is 15.8. The number of nitrogens with two attached hydrogens (primary N) is 1. The molecular formula is C14H21N3O3. The number of aromatic carboxylic acids is 1. The Hall–Kier alpha value is -2.24.